The summed E-state index contributed by atoms with van der Waals surface area (Å²) in [6.45, 7) is 16.8. The molecule has 0 bridgehead atoms. The maximum Gasteiger partial charge on any atom is 0.0997 e. The summed E-state index contributed by atoms with van der Waals surface area (Å²) < 4.78 is 0. The van der Waals surface area contributed by atoms with E-state index in [1.54, 1.807) is 0 Å². The molecule has 1 rings (SSSR count). The van der Waals surface area contributed by atoms with E-state index in [1.807, 2.05) is 6.08 Å². The first kappa shape index (κ1) is 15.5. The van der Waals surface area contributed by atoms with Gasteiger partial charge >= 0.3 is 0 Å². The Hall–Kier alpha value is -1.55. The summed E-state index contributed by atoms with van der Waals surface area (Å²) in [5.74, 6) is 0. The van der Waals surface area contributed by atoms with Crippen LogP contribution in [0.1, 0.15) is 63.8 Å². The lowest BCUT2D eigenvalue weighted by atomic mass is 9.75. The fraction of sp³-hybridized carbons (Fsp3) is 0.500. The van der Waals surface area contributed by atoms with Gasteiger partial charge in [-0.05, 0) is 33.9 Å². The van der Waals surface area contributed by atoms with Crippen LogP contribution >= 0.6 is 0 Å². The predicted octanol–water partition coefficient (Wildman–Crippen LogP) is 4.88. The molecular weight excluding hydrogens is 230 g/mol. The fourth-order valence-corrected chi connectivity index (χ4v) is 2.29. The van der Waals surface area contributed by atoms with E-state index in [-0.39, 0.29) is 10.8 Å². The molecule has 102 valence electrons. The third kappa shape index (κ3) is 3.47. The molecule has 0 spiro atoms. The number of nitrogens with zero attached hydrogens (tertiary/aromatic N) is 1. The quantitative estimate of drug-likeness (QED) is 0.691. The minimum Gasteiger partial charge on any atom is -0.192 e. The second-order valence-corrected chi connectivity index (χ2v) is 7.17. The molecule has 0 amide bonds. The summed E-state index contributed by atoms with van der Waals surface area (Å²) in [4.78, 5) is 0. The van der Waals surface area contributed by atoms with E-state index in [1.165, 1.54) is 5.56 Å². The van der Waals surface area contributed by atoms with Gasteiger partial charge in [0, 0.05) is 0 Å². The zero-order valence-corrected chi connectivity index (χ0v) is 13.1. The molecule has 0 radical (unpaired) electrons. The summed E-state index contributed by atoms with van der Waals surface area (Å²) in [5.41, 5.74) is 4.31. The molecule has 0 aliphatic heterocycles. The van der Waals surface area contributed by atoms with Crippen LogP contribution in [0.15, 0.2) is 24.8 Å². The van der Waals surface area contributed by atoms with Crippen LogP contribution in [0.5, 0.6) is 0 Å². The van der Waals surface area contributed by atoms with Crippen molar-refractivity contribution in [3.05, 3.63) is 47.0 Å². The second-order valence-electron chi connectivity index (χ2n) is 7.17. The van der Waals surface area contributed by atoms with Gasteiger partial charge in [-0.15, -0.1) is 6.58 Å². The predicted molar refractivity (Wildman–Crippen MR) is 82.5 cm³/mol. The van der Waals surface area contributed by atoms with Gasteiger partial charge in [0.25, 0.3) is 0 Å². The molecule has 0 unspecified atom stereocenters. The summed E-state index contributed by atoms with van der Waals surface area (Å²) in [5, 5.41) is 9.58. The molecule has 1 heteroatoms. The number of allylic oxidation sites excluding steroid dienone is 1. The smallest absolute Gasteiger partial charge is 0.0997 e. The molecule has 0 saturated carbocycles. The van der Waals surface area contributed by atoms with Crippen molar-refractivity contribution in [2.24, 2.45) is 0 Å². The Morgan fingerprint density at radius 1 is 1.05 bits per heavy atom. The zero-order valence-electron chi connectivity index (χ0n) is 13.1. The molecular formula is C18H25N. The maximum absolute atomic E-state index is 9.58. The largest absolute Gasteiger partial charge is 0.192 e. The average Bonchev–Trinajstić information content (AvgIpc) is 2.26. The minimum absolute atomic E-state index is 0.0256. The van der Waals surface area contributed by atoms with Gasteiger partial charge in [0.05, 0.1) is 11.6 Å². The average molecular weight is 255 g/mol. The van der Waals surface area contributed by atoms with Crippen LogP contribution in [0.2, 0.25) is 0 Å². The van der Waals surface area contributed by atoms with Gasteiger partial charge in [-0.25, -0.2) is 0 Å². The van der Waals surface area contributed by atoms with Gasteiger partial charge in [0.1, 0.15) is 0 Å². The van der Waals surface area contributed by atoms with E-state index in [2.05, 4.69) is 66.3 Å². The number of benzene rings is 1. The lowest BCUT2D eigenvalue weighted by Crippen LogP contribution is -2.20. The van der Waals surface area contributed by atoms with Crippen LogP contribution in [0.25, 0.3) is 0 Å². The number of hydrogen-bond acceptors (Lipinski definition) is 1. The first-order valence-corrected chi connectivity index (χ1v) is 6.80. The third-order valence-electron chi connectivity index (χ3n) is 3.31. The molecule has 1 nitrogen and oxygen atoms in total. The maximum atomic E-state index is 9.58. The first-order valence-electron chi connectivity index (χ1n) is 6.80. The molecule has 0 heterocycles. The molecule has 0 aromatic heterocycles. The standard InChI is InChI=1S/C18H25N/c1-8-9-13-10-15(17(2,3)4)14(12-19)16(11-13)18(5,6)7/h8,10-11H,1,9H2,2-7H3. The van der Waals surface area contributed by atoms with Gasteiger partial charge < -0.3 is 0 Å². The Labute approximate surface area is 118 Å². The van der Waals surface area contributed by atoms with E-state index in [9.17, 15) is 5.26 Å². The molecule has 1 aromatic rings. The first-order chi connectivity index (χ1) is 8.61. The zero-order chi connectivity index (χ0) is 14.8. The van der Waals surface area contributed by atoms with Gasteiger partial charge in [-0.2, -0.15) is 5.26 Å². The van der Waals surface area contributed by atoms with Crippen molar-refractivity contribution in [1.82, 2.24) is 0 Å². The molecule has 0 N–H and O–H groups in total. The normalized spacial score (nSPS) is 12.1. The van der Waals surface area contributed by atoms with Crippen LogP contribution in [-0.2, 0) is 17.3 Å². The van der Waals surface area contributed by atoms with Crippen molar-refractivity contribution >= 4 is 0 Å². The highest BCUT2D eigenvalue weighted by Crippen LogP contribution is 2.34. The van der Waals surface area contributed by atoms with Crippen molar-refractivity contribution in [2.75, 3.05) is 0 Å². The second kappa shape index (κ2) is 5.21. The van der Waals surface area contributed by atoms with Crippen molar-refractivity contribution in [2.45, 2.75) is 58.8 Å². The Kier molecular flexibility index (Phi) is 4.25. The Morgan fingerprint density at radius 3 is 1.74 bits per heavy atom. The van der Waals surface area contributed by atoms with Crippen LogP contribution in [0.4, 0.5) is 0 Å². The van der Waals surface area contributed by atoms with Gasteiger partial charge in [0.15, 0.2) is 0 Å². The van der Waals surface area contributed by atoms with Gasteiger partial charge in [0.2, 0.25) is 0 Å². The molecule has 0 saturated heterocycles. The highest BCUT2D eigenvalue weighted by atomic mass is 14.3. The van der Waals surface area contributed by atoms with E-state index in [0.29, 0.717) is 0 Å². The summed E-state index contributed by atoms with van der Waals surface area (Å²) in [6, 6.07) is 6.75. The molecule has 0 aliphatic carbocycles. The highest BCUT2D eigenvalue weighted by molar-refractivity contribution is 5.52. The van der Waals surface area contributed by atoms with Crippen molar-refractivity contribution in [3.63, 3.8) is 0 Å². The van der Waals surface area contributed by atoms with Crippen molar-refractivity contribution in [3.8, 4) is 6.07 Å². The number of nitriles is 1. The molecule has 19 heavy (non-hydrogen) atoms. The Bertz CT molecular complexity index is 481. The molecule has 0 aliphatic rings. The summed E-state index contributed by atoms with van der Waals surface area (Å²) in [6.07, 6.45) is 2.76. The molecule has 1 aromatic carbocycles. The van der Waals surface area contributed by atoms with Crippen molar-refractivity contribution < 1.29 is 0 Å². The third-order valence-corrected chi connectivity index (χ3v) is 3.31. The van der Waals surface area contributed by atoms with Gasteiger partial charge in [-0.3, -0.25) is 0 Å². The van der Waals surface area contributed by atoms with E-state index in [0.717, 1.165) is 23.1 Å². The molecule has 0 atom stereocenters. The SMILES string of the molecule is C=CCc1cc(C(C)(C)C)c(C#N)c(C(C)(C)C)c1. The fourth-order valence-electron chi connectivity index (χ4n) is 2.29. The summed E-state index contributed by atoms with van der Waals surface area (Å²) in [7, 11) is 0. The lowest BCUT2D eigenvalue weighted by Gasteiger charge is -2.28. The van der Waals surface area contributed by atoms with Crippen molar-refractivity contribution in [1.29, 1.82) is 5.26 Å². The Morgan fingerprint density at radius 2 is 1.47 bits per heavy atom. The van der Waals surface area contributed by atoms with Gasteiger partial charge in [-0.1, -0.05) is 59.8 Å². The van der Waals surface area contributed by atoms with Crippen LogP contribution in [-0.4, -0.2) is 0 Å². The van der Waals surface area contributed by atoms with Crippen LogP contribution in [0.3, 0.4) is 0 Å². The highest BCUT2D eigenvalue weighted by Gasteiger charge is 2.26. The monoisotopic (exact) mass is 255 g/mol. The van der Waals surface area contributed by atoms with Crippen LogP contribution in [0, 0.1) is 11.3 Å². The Balaban J connectivity index is 3.68. The number of rotatable bonds is 2. The number of hydrogen-bond donors (Lipinski definition) is 0. The van der Waals surface area contributed by atoms with E-state index in [4.69, 9.17) is 0 Å². The summed E-state index contributed by atoms with van der Waals surface area (Å²) >= 11 is 0. The van der Waals surface area contributed by atoms with E-state index < -0.39 is 0 Å². The van der Waals surface area contributed by atoms with E-state index >= 15 is 0 Å². The van der Waals surface area contributed by atoms with Crippen LogP contribution < -0.4 is 0 Å². The molecule has 0 fully saturated rings. The minimum atomic E-state index is -0.0256. The lowest BCUT2D eigenvalue weighted by molar-refractivity contribution is 0.564. The topological polar surface area (TPSA) is 23.8 Å².